The molecular formula is C65H83IO11. The number of hydrogen-bond acceptors (Lipinski definition) is 10. The first-order valence-electron chi connectivity index (χ1n) is 25.8. The molecule has 77 heavy (non-hydrogen) atoms. The van der Waals surface area contributed by atoms with E-state index in [1.54, 1.807) is 65.0 Å². The van der Waals surface area contributed by atoms with Crippen molar-refractivity contribution >= 4 is 47.1 Å². The van der Waals surface area contributed by atoms with Crippen molar-refractivity contribution in [3.8, 4) is 28.7 Å². The number of carbonyl (C=O) groups is 4. The van der Waals surface area contributed by atoms with Crippen LogP contribution < -0.4 is 9.47 Å². The van der Waals surface area contributed by atoms with Gasteiger partial charge in [-0.05, 0) is 262 Å². The summed E-state index contributed by atoms with van der Waals surface area (Å²) in [6, 6.07) is 26.8. The van der Waals surface area contributed by atoms with E-state index in [2.05, 4.69) is 101 Å². The maximum Gasteiger partial charge on any atom is 0.344 e. The van der Waals surface area contributed by atoms with Gasteiger partial charge in [0.05, 0.1) is 0 Å². The second kappa shape index (κ2) is 30.9. The van der Waals surface area contributed by atoms with Gasteiger partial charge in [0.15, 0.2) is 25.8 Å². The molecule has 0 heterocycles. The maximum atomic E-state index is 11.5. The molecule has 0 unspecified atom stereocenters. The second-order valence-electron chi connectivity index (χ2n) is 21.3. The number of carboxylic acid groups (broad SMARTS) is 1. The number of hydrogen-bond donors (Lipinski definition) is 4. The first-order valence-corrected chi connectivity index (χ1v) is 26.9. The highest BCUT2D eigenvalue weighted by molar-refractivity contribution is 14.1. The summed E-state index contributed by atoms with van der Waals surface area (Å²) in [5.74, 6) is 1.75. The minimum Gasteiger partial charge on any atom is -0.508 e. The Kier molecular flexibility index (Phi) is 26.7. The van der Waals surface area contributed by atoms with Crippen LogP contribution in [0.5, 0.6) is 28.7 Å². The number of carboxylic acids is 1. The highest BCUT2D eigenvalue weighted by Crippen LogP contribution is 2.33. The highest BCUT2D eigenvalue weighted by atomic mass is 127. The largest absolute Gasteiger partial charge is 0.508 e. The van der Waals surface area contributed by atoms with Crippen LogP contribution in [0.1, 0.15) is 179 Å². The third-order valence-corrected chi connectivity index (χ3v) is 13.0. The topological polar surface area (TPSA) is 177 Å². The van der Waals surface area contributed by atoms with Crippen molar-refractivity contribution in [2.24, 2.45) is 0 Å². The molecule has 6 aromatic rings. The first kappa shape index (κ1) is 66.4. The van der Waals surface area contributed by atoms with Crippen molar-refractivity contribution in [3.63, 3.8) is 0 Å². The Morgan fingerprint density at radius 2 is 0.948 bits per heavy atom. The lowest BCUT2D eigenvalue weighted by molar-refractivity contribution is -0.157. The number of phenolic OH excluding ortho intramolecular Hbond substituents is 3. The van der Waals surface area contributed by atoms with Crippen molar-refractivity contribution in [1.82, 2.24) is 0 Å². The number of phenols is 3. The molecule has 11 nitrogen and oxygen atoms in total. The van der Waals surface area contributed by atoms with Gasteiger partial charge in [-0.15, -0.1) is 0 Å². The number of benzene rings is 6. The third-order valence-electron chi connectivity index (χ3n) is 12.3. The summed E-state index contributed by atoms with van der Waals surface area (Å²) in [5.41, 5.74) is 16.4. The van der Waals surface area contributed by atoms with Crippen LogP contribution in [0.2, 0.25) is 0 Å². The Hall–Kier alpha value is -6.67. The van der Waals surface area contributed by atoms with Crippen LogP contribution in [-0.2, 0) is 20.7 Å². The average molecular weight is 1170 g/mol. The van der Waals surface area contributed by atoms with E-state index in [-0.39, 0.29) is 36.4 Å². The van der Waals surface area contributed by atoms with Crippen molar-refractivity contribution < 1.29 is 53.8 Å². The fourth-order valence-electron chi connectivity index (χ4n) is 8.69. The lowest BCUT2D eigenvalue weighted by Crippen LogP contribution is -2.27. The summed E-state index contributed by atoms with van der Waals surface area (Å²) >= 11 is 2.36. The molecule has 0 fully saturated rings. The number of halogens is 1. The molecule has 0 bridgehead atoms. The quantitative estimate of drug-likeness (QED) is 0.0492. The van der Waals surface area contributed by atoms with Gasteiger partial charge in [0, 0.05) is 20.8 Å². The zero-order valence-electron chi connectivity index (χ0n) is 48.6. The monoisotopic (exact) mass is 1170 g/mol. The zero-order valence-corrected chi connectivity index (χ0v) is 50.8. The number of esters is 1. The molecule has 0 saturated carbocycles. The summed E-state index contributed by atoms with van der Waals surface area (Å²) in [6.07, 6.45) is 2.50. The number of aromatic hydroxyl groups is 3. The Labute approximate surface area is 472 Å². The molecule has 0 aliphatic heterocycles. The Balaban J connectivity index is 0.000000342. The van der Waals surface area contributed by atoms with Crippen LogP contribution in [0.4, 0.5) is 0 Å². The molecule has 0 atom stereocenters. The summed E-state index contributed by atoms with van der Waals surface area (Å²) in [5, 5.41) is 36.5. The maximum absolute atomic E-state index is 11.5. The van der Waals surface area contributed by atoms with Gasteiger partial charge in [0.2, 0.25) is 0 Å². The van der Waals surface area contributed by atoms with Gasteiger partial charge in [0.1, 0.15) is 34.3 Å². The predicted octanol–water partition coefficient (Wildman–Crippen LogP) is 15.7. The van der Waals surface area contributed by atoms with Crippen LogP contribution in [0.25, 0.3) is 0 Å². The summed E-state index contributed by atoms with van der Waals surface area (Å²) in [4.78, 5) is 43.5. The van der Waals surface area contributed by atoms with Gasteiger partial charge < -0.3 is 34.6 Å². The van der Waals surface area contributed by atoms with Gasteiger partial charge in [0.25, 0.3) is 0 Å². The summed E-state index contributed by atoms with van der Waals surface area (Å²) < 4.78 is 17.2. The summed E-state index contributed by atoms with van der Waals surface area (Å²) in [7, 11) is 0. The van der Waals surface area contributed by atoms with Crippen LogP contribution in [-0.4, -0.2) is 63.8 Å². The standard InChI is InChI=1S/C21H26O3.C15H20O4.C10H13I.C10H14O2.C9H10O2/c1-13(2)19-10-17(7-6-14(19)3)11-20-15(4)8-18(9-16(20)5)24-12-21(22)23;1-10-6-12(7-11(2)13(10)8-16)18-9-14(17)19-15(3,4)5;1-7(2)10-6-9(11)5-4-8(10)3;1-6(2)10-7(3)4-8(11)5-9(10)12;1-6-3-8(11)4-7(2)9(6)5-10/h6-10,13H,11-12H2,1-5H3,(H,22,23);6-8H,9H2,1-5H3;4-7H,1-3H3;4-6,11-12H,1-3H3;3-5,11H,1-2H3. The minimum absolute atomic E-state index is 0.120. The second-order valence-corrected chi connectivity index (χ2v) is 22.6. The van der Waals surface area contributed by atoms with Crippen molar-refractivity contribution in [3.05, 3.63) is 178 Å². The summed E-state index contributed by atoms with van der Waals surface area (Å²) in [6.45, 7) is 35.5. The zero-order chi connectivity index (χ0) is 58.6. The van der Waals surface area contributed by atoms with Crippen LogP contribution in [0.3, 0.4) is 0 Å². The molecule has 0 radical (unpaired) electrons. The number of aliphatic carboxylic acids is 1. The van der Waals surface area contributed by atoms with Gasteiger partial charge in [-0.1, -0.05) is 65.8 Å². The molecule has 416 valence electrons. The normalized spacial score (nSPS) is 10.7. The highest BCUT2D eigenvalue weighted by Gasteiger charge is 2.17. The number of aryl methyl sites for hydroxylation is 9. The lowest BCUT2D eigenvalue weighted by Gasteiger charge is -2.19. The average Bonchev–Trinajstić information content (AvgIpc) is 3.29. The number of carbonyl (C=O) groups excluding carboxylic acids is 3. The van der Waals surface area contributed by atoms with E-state index in [9.17, 15) is 24.3 Å². The van der Waals surface area contributed by atoms with Gasteiger partial charge in [-0.2, -0.15) is 0 Å². The van der Waals surface area contributed by atoms with E-state index in [4.69, 9.17) is 29.5 Å². The van der Waals surface area contributed by atoms with E-state index in [1.165, 1.54) is 43.0 Å². The predicted molar refractivity (Wildman–Crippen MR) is 319 cm³/mol. The SMILES string of the molecule is Cc1cc(O)cc(C)c1C=O.Cc1cc(O)cc(O)c1C(C)C.Cc1cc(OCC(=O)OC(C)(C)C)cc(C)c1C=O.Cc1ccc(Cc2c(C)cc(OCC(=O)O)cc2C)cc1C(C)C.Cc1ccc(I)cc1C(C)C. The first-order chi connectivity index (χ1) is 35.8. The molecule has 4 N–H and O–H groups in total. The molecule has 6 rings (SSSR count). The molecular weight excluding hydrogens is 1080 g/mol. The number of rotatable bonds is 13. The lowest BCUT2D eigenvalue weighted by atomic mass is 9.91. The van der Waals surface area contributed by atoms with Crippen LogP contribution >= 0.6 is 22.6 Å². The Bertz CT molecular complexity index is 2870. The molecule has 0 aromatic heterocycles. The molecule has 0 saturated heterocycles. The van der Waals surface area contributed by atoms with E-state index in [0.717, 1.165) is 63.5 Å². The van der Waals surface area contributed by atoms with Crippen LogP contribution in [0, 0.1) is 65.9 Å². The molecule has 6 aromatic carbocycles. The fraction of sp³-hybridized carbons (Fsp3) is 0.385. The third kappa shape index (κ3) is 22.4. The molecule has 0 aliphatic rings. The van der Waals surface area contributed by atoms with E-state index >= 15 is 0 Å². The molecule has 0 amide bonds. The van der Waals surface area contributed by atoms with Crippen molar-refractivity contribution in [2.75, 3.05) is 13.2 Å². The Morgan fingerprint density at radius 1 is 0.532 bits per heavy atom. The van der Waals surface area contributed by atoms with Crippen molar-refractivity contribution in [1.29, 1.82) is 0 Å². The van der Waals surface area contributed by atoms with E-state index < -0.39 is 17.5 Å². The fourth-order valence-corrected chi connectivity index (χ4v) is 9.20. The van der Waals surface area contributed by atoms with Gasteiger partial charge >= 0.3 is 11.9 Å². The van der Waals surface area contributed by atoms with Gasteiger partial charge in [-0.25, -0.2) is 9.59 Å². The minimum atomic E-state index is -0.963. The number of aldehydes is 2. The van der Waals surface area contributed by atoms with E-state index in [1.807, 2.05) is 60.6 Å². The number of ether oxygens (including phenoxy) is 3. The van der Waals surface area contributed by atoms with Crippen molar-refractivity contribution in [2.45, 2.75) is 154 Å². The molecule has 0 aliphatic carbocycles. The smallest absolute Gasteiger partial charge is 0.344 e. The van der Waals surface area contributed by atoms with Crippen LogP contribution in [0.15, 0.2) is 84.9 Å². The van der Waals surface area contributed by atoms with E-state index in [0.29, 0.717) is 34.5 Å². The van der Waals surface area contributed by atoms with Gasteiger partial charge in [-0.3, -0.25) is 9.59 Å². The Morgan fingerprint density at radius 3 is 1.36 bits per heavy atom. The molecule has 0 spiro atoms. The molecule has 12 heteroatoms.